The monoisotopic (exact) mass is 423 g/mol. The molecule has 31 heavy (non-hydrogen) atoms. The van der Waals surface area contributed by atoms with E-state index in [2.05, 4.69) is 45.3 Å². The fourth-order valence-electron chi connectivity index (χ4n) is 3.79. The minimum atomic E-state index is 0. The summed E-state index contributed by atoms with van der Waals surface area (Å²) in [7, 11) is 0. The molecule has 0 fully saturated rings. The highest BCUT2D eigenvalue weighted by atomic mass is 35.5. The zero-order valence-corrected chi connectivity index (χ0v) is 17.2. The van der Waals surface area contributed by atoms with Crippen molar-refractivity contribution in [2.45, 2.75) is 0 Å². The van der Waals surface area contributed by atoms with Crippen LogP contribution in [0.25, 0.3) is 57.5 Å². The number of rotatable bonds is 1. The quantitative estimate of drug-likeness (QED) is 0.333. The minimum absolute atomic E-state index is 0. The van der Waals surface area contributed by atoms with E-state index in [0.717, 1.165) is 56.0 Å². The molecular weight excluding hydrogens is 406 g/mol. The molecule has 0 radical (unpaired) electrons. The fraction of sp³-hybridized carbons (Fsp3) is 0. The summed E-state index contributed by atoms with van der Waals surface area (Å²) in [6.45, 7) is 0. The van der Waals surface area contributed by atoms with Gasteiger partial charge in [0.25, 0.3) is 0 Å². The number of hydrogen-bond acceptors (Lipinski definition) is 3. The van der Waals surface area contributed by atoms with Gasteiger partial charge < -0.3 is 9.97 Å². The van der Waals surface area contributed by atoms with Crippen LogP contribution in [0, 0.1) is 0 Å². The maximum absolute atomic E-state index is 4.76. The van der Waals surface area contributed by atoms with Crippen LogP contribution in [-0.4, -0.2) is 24.9 Å². The van der Waals surface area contributed by atoms with Crippen molar-refractivity contribution in [3.63, 3.8) is 0 Å². The lowest BCUT2D eigenvalue weighted by atomic mass is 10.1. The van der Waals surface area contributed by atoms with Gasteiger partial charge in [0, 0.05) is 40.0 Å². The smallest absolute Gasteiger partial charge is 0.0658 e. The highest BCUT2D eigenvalue weighted by Gasteiger charge is 2.07. The van der Waals surface area contributed by atoms with Crippen molar-refractivity contribution in [1.29, 1.82) is 0 Å². The van der Waals surface area contributed by atoms with Crippen LogP contribution in [0.3, 0.4) is 0 Å². The van der Waals surface area contributed by atoms with Crippen LogP contribution in [0.1, 0.15) is 22.8 Å². The van der Waals surface area contributed by atoms with E-state index in [1.807, 2.05) is 61.0 Å². The van der Waals surface area contributed by atoms with Crippen LogP contribution in [0.2, 0.25) is 0 Å². The molecule has 2 aliphatic rings. The Morgan fingerprint density at radius 2 is 1.10 bits per heavy atom. The number of nitrogens with zero attached hydrogens (tertiary/aromatic N) is 3. The van der Waals surface area contributed by atoms with Gasteiger partial charge in [-0.2, -0.15) is 0 Å². The zero-order chi connectivity index (χ0) is 19.9. The Labute approximate surface area is 184 Å². The summed E-state index contributed by atoms with van der Waals surface area (Å²) < 4.78 is 0. The molecule has 6 heteroatoms. The Kier molecular flexibility index (Phi) is 4.73. The first kappa shape index (κ1) is 19.0. The normalized spacial score (nSPS) is 12.0. The molecule has 0 amide bonds. The number of nitrogens with one attached hydrogen (secondary N) is 2. The summed E-state index contributed by atoms with van der Waals surface area (Å²) in [5.74, 6) is 0. The topological polar surface area (TPSA) is 70.2 Å². The second-order valence-electron chi connectivity index (χ2n) is 7.32. The summed E-state index contributed by atoms with van der Waals surface area (Å²) >= 11 is 0. The van der Waals surface area contributed by atoms with Crippen LogP contribution < -0.4 is 0 Å². The van der Waals surface area contributed by atoms with E-state index in [-0.39, 0.29) is 12.4 Å². The SMILES string of the molecule is C1=Cc2cc3cc(-c4ccncc4)c(cc4nc(cc5ccc(cc1n2)[nH]5)C=C4)[nH]3.Cl. The van der Waals surface area contributed by atoms with Crippen LogP contribution in [0.5, 0.6) is 0 Å². The lowest BCUT2D eigenvalue weighted by molar-refractivity contribution is 1.31. The second-order valence-corrected chi connectivity index (χ2v) is 7.32. The minimum Gasteiger partial charge on any atom is -0.355 e. The van der Waals surface area contributed by atoms with E-state index in [0.29, 0.717) is 0 Å². The van der Waals surface area contributed by atoms with Crippen molar-refractivity contribution in [3.05, 3.63) is 89.8 Å². The molecule has 6 rings (SSSR count). The molecule has 2 N–H and O–H groups in total. The molecule has 0 unspecified atom stereocenters. The molecular formula is C25H18ClN5. The third kappa shape index (κ3) is 3.79. The highest BCUT2D eigenvalue weighted by molar-refractivity contribution is 5.87. The molecule has 0 atom stereocenters. The maximum Gasteiger partial charge on any atom is 0.0658 e. The Morgan fingerprint density at radius 1 is 0.548 bits per heavy atom. The average molecular weight is 424 g/mol. The lowest BCUT2D eigenvalue weighted by Crippen LogP contribution is -1.78. The van der Waals surface area contributed by atoms with E-state index in [4.69, 9.17) is 9.97 Å². The van der Waals surface area contributed by atoms with Crippen molar-refractivity contribution in [3.8, 4) is 11.1 Å². The standard InChI is InChI=1S/C25H17N5.ClH/c1-2-18-12-20-5-6-22(29-20)15-25-24(16-7-9-26-10-8-16)14-23(30-25)13-21-4-3-19(28-21)11-17(1)27-18;/h1-15,27,30H;1H. The fourth-order valence-corrected chi connectivity index (χ4v) is 3.79. The second kappa shape index (κ2) is 7.70. The third-order valence-electron chi connectivity index (χ3n) is 5.16. The molecule has 6 heterocycles. The van der Waals surface area contributed by atoms with E-state index in [1.54, 1.807) is 0 Å². The summed E-state index contributed by atoms with van der Waals surface area (Å²) in [5.41, 5.74) is 9.88. The van der Waals surface area contributed by atoms with Gasteiger partial charge in [0.15, 0.2) is 0 Å². The van der Waals surface area contributed by atoms with Gasteiger partial charge in [-0.3, -0.25) is 4.98 Å². The molecule has 0 aromatic carbocycles. The summed E-state index contributed by atoms with van der Waals surface area (Å²) in [6, 6.07) is 18.5. The molecule has 5 nitrogen and oxygen atoms in total. The molecule has 0 saturated carbocycles. The van der Waals surface area contributed by atoms with Gasteiger partial charge in [-0.25, -0.2) is 9.97 Å². The Balaban J connectivity index is 0.00000204. The number of fused-ring (bicyclic) bond motifs is 8. The first-order chi connectivity index (χ1) is 14.8. The highest BCUT2D eigenvalue weighted by Crippen LogP contribution is 2.27. The number of aromatic nitrogens is 5. The van der Waals surface area contributed by atoms with E-state index < -0.39 is 0 Å². The van der Waals surface area contributed by atoms with E-state index >= 15 is 0 Å². The van der Waals surface area contributed by atoms with Crippen molar-refractivity contribution < 1.29 is 0 Å². The number of pyridine rings is 1. The Hall–Kier alpha value is -3.96. The molecule has 0 aliphatic carbocycles. The number of hydrogen-bond donors (Lipinski definition) is 2. The molecule has 150 valence electrons. The van der Waals surface area contributed by atoms with Gasteiger partial charge in [-0.1, -0.05) is 0 Å². The van der Waals surface area contributed by atoms with Crippen molar-refractivity contribution in [2.75, 3.05) is 0 Å². The largest absolute Gasteiger partial charge is 0.355 e. The number of H-pyrrole nitrogens is 2. The zero-order valence-electron chi connectivity index (χ0n) is 16.4. The molecule has 0 saturated heterocycles. The molecule has 8 bridgehead atoms. The number of aromatic amines is 2. The van der Waals surface area contributed by atoms with Crippen molar-refractivity contribution in [1.82, 2.24) is 24.9 Å². The van der Waals surface area contributed by atoms with Crippen LogP contribution in [-0.2, 0) is 0 Å². The van der Waals surface area contributed by atoms with Crippen LogP contribution in [0.15, 0.2) is 67.0 Å². The summed E-state index contributed by atoms with van der Waals surface area (Å²) in [5, 5.41) is 0. The average Bonchev–Trinajstić information content (AvgIpc) is 3.53. The molecule has 4 aromatic rings. The molecule has 4 aromatic heterocycles. The molecule has 0 spiro atoms. The Bertz CT molecular complexity index is 1490. The van der Waals surface area contributed by atoms with Gasteiger partial charge in [0.2, 0.25) is 0 Å². The first-order valence-corrected chi connectivity index (χ1v) is 9.77. The summed E-state index contributed by atoms with van der Waals surface area (Å²) in [6.07, 6.45) is 11.7. The summed E-state index contributed by atoms with van der Waals surface area (Å²) in [4.78, 5) is 20.6. The lowest BCUT2D eigenvalue weighted by Gasteiger charge is -1.97. The predicted molar refractivity (Wildman–Crippen MR) is 129 cm³/mol. The van der Waals surface area contributed by atoms with E-state index in [9.17, 15) is 0 Å². The Morgan fingerprint density at radius 3 is 1.71 bits per heavy atom. The van der Waals surface area contributed by atoms with Crippen LogP contribution >= 0.6 is 12.4 Å². The third-order valence-corrected chi connectivity index (χ3v) is 5.16. The van der Waals surface area contributed by atoms with Gasteiger partial charge in [0.1, 0.15) is 0 Å². The van der Waals surface area contributed by atoms with Gasteiger partial charge in [-0.05, 0) is 84.5 Å². The van der Waals surface area contributed by atoms with Gasteiger partial charge >= 0.3 is 0 Å². The first-order valence-electron chi connectivity index (χ1n) is 9.77. The molecule has 2 aliphatic heterocycles. The van der Waals surface area contributed by atoms with Crippen LogP contribution in [0.4, 0.5) is 0 Å². The van der Waals surface area contributed by atoms with Crippen molar-refractivity contribution >= 4 is 58.8 Å². The predicted octanol–water partition coefficient (Wildman–Crippen LogP) is 6.14. The van der Waals surface area contributed by atoms with Crippen molar-refractivity contribution in [2.24, 2.45) is 0 Å². The van der Waals surface area contributed by atoms with Gasteiger partial charge in [-0.15, -0.1) is 12.4 Å². The maximum atomic E-state index is 4.76. The number of halogens is 1. The van der Waals surface area contributed by atoms with Gasteiger partial charge in [0.05, 0.1) is 22.8 Å². The van der Waals surface area contributed by atoms with E-state index in [1.165, 1.54) is 0 Å².